The molecule has 0 spiro atoms. The summed E-state index contributed by atoms with van der Waals surface area (Å²) in [6, 6.07) is 17.8. The van der Waals surface area contributed by atoms with E-state index in [-0.39, 0.29) is 11.9 Å². The van der Waals surface area contributed by atoms with Crippen LogP contribution >= 0.6 is 22.7 Å². The number of nitrogens with one attached hydrogen (secondary N) is 1. The largest absolute Gasteiger partial charge is 0.340 e. The SMILES string of the molecule is O=C(NC(c1ccccc1)c1cccs1)c1cccs1. The summed E-state index contributed by atoms with van der Waals surface area (Å²) in [5.74, 6) is -0.0257. The average Bonchev–Trinajstić information content (AvgIpc) is 3.18. The smallest absolute Gasteiger partial charge is 0.262 e. The van der Waals surface area contributed by atoms with Gasteiger partial charge in [0.15, 0.2) is 0 Å². The molecule has 1 unspecified atom stereocenters. The Kier molecular flexibility index (Phi) is 3.95. The van der Waals surface area contributed by atoms with Crippen LogP contribution in [0.3, 0.4) is 0 Å². The van der Waals surface area contributed by atoms with Crippen molar-refractivity contribution in [2.75, 3.05) is 0 Å². The summed E-state index contributed by atoms with van der Waals surface area (Å²) in [4.78, 5) is 14.2. The highest BCUT2D eigenvalue weighted by atomic mass is 32.1. The van der Waals surface area contributed by atoms with Crippen molar-refractivity contribution in [2.24, 2.45) is 0 Å². The Morgan fingerprint density at radius 3 is 2.30 bits per heavy atom. The van der Waals surface area contributed by atoms with Gasteiger partial charge in [-0.3, -0.25) is 4.79 Å². The molecule has 1 N–H and O–H groups in total. The molecule has 3 aromatic rings. The van der Waals surface area contributed by atoms with Crippen molar-refractivity contribution < 1.29 is 4.79 Å². The van der Waals surface area contributed by atoms with E-state index in [1.165, 1.54) is 11.3 Å². The molecule has 0 saturated carbocycles. The van der Waals surface area contributed by atoms with Gasteiger partial charge in [0.1, 0.15) is 0 Å². The number of benzene rings is 1. The highest BCUT2D eigenvalue weighted by molar-refractivity contribution is 7.12. The van der Waals surface area contributed by atoms with E-state index in [0.717, 1.165) is 15.3 Å². The van der Waals surface area contributed by atoms with Crippen LogP contribution in [0, 0.1) is 0 Å². The van der Waals surface area contributed by atoms with Crippen LogP contribution in [0.2, 0.25) is 0 Å². The summed E-state index contributed by atoms with van der Waals surface area (Å²) in [6.07, 6.45) is 0. The van der Waals surface area contributed by atoms with Gasteiger partial charge in [0, 0.05) is 4.88 Å². The minimum atomic E-state index is -0.0919. The van der Waals surface area contributed by atoms with Gasteiger partial charge in [0.2, 0.25) is 0 Å². The molecule has 4 heteroatoms. The maximum absolute atomic E-state index is 12.3. The lowest BCUT2D eigenvalue weighted by Gasteiger charge is -2.17. The topological polar surface area (TPSA) is 29.1 Å². The zero-order valence-electron chi connectivity index (χ0n) is 10.7. The Balaban J connectivity index is 1.89. The van der Waals surface area contributed by atoms with Crippen molar-refractivity contribution in [2.45, 2.75) is 6.04 Å². The van der Waals surface area contributed by atoms with E-state index in [4.69, 9.17) is 0 Å². The number of hydrogen-bond donors (Lipinski definition) is 1. The molecule has 2 heterocycles. The molecule has 100 valence electrons. The van der Waals surface area contributed by atoms with Gasteiger partial charge < -0.3 is 5.32 Å². The molecule has 0 aliphatic heterocycles. The van der Waals surface area contributed by atoms with E-state index >= 15 is 0 Å². The standard InChI is InChI=1S/C16H13NOS2/c18-16(14-9-5-11-20-14)17-15(13-8-4-10-19-13)12-6-2-1-3-7-12/h1-11,15H,(H,17,18). The third-order valence-corrected chi connectivity index (χ3v) is 4.79. The summed E-state index contributed by atoms with van der Waals surface area (Å²) in [7, 11) is 0. The number of carbonyl (C=O) groups excluding carboxylic acids is 1. The van der Waals surface area contributed by atoms with Gasteiger partial charge in [-0.1, -0.05) is 42.5 Å². The van der Waals surface area contributed by atoms with Crippen molar-refractivity contribution >= 4 is 28.6 Å². The van der Waals surface area contributed by atoms with Crippen LogP contribution in [0.25, 0.3) is 0 Å². The molecule has 0 aliphatic rings. The van der Waals surface area contributed by atoms with E-state index in [1.807, 2.05) is 59.3 Å². The molecule has 1 aromatic carbocycles. The number of amides is 1. The van der Waals surface area contributed by atoms with Gasteiger partial charge in [-0.15, -0.1) is 22.7 Å². The van der Waals surface area contributed by atoms with Crippen molar-refractivity contribution in [1.82, 2.24) is 5.32 Å². The summed E-state index contributed by atoms with van der Waals surface area (Å²) >= 11 is 3.11. The maximum atomic E-state index is 12.3. The van der Waals surface area contributed by atoms with Crippen LogP contribution in [0.5, 0.6) is 0 Å². The molecular formula is C16H13NOS2. The van der Waals surface area contributed by atoms with Crippen LogP contribution in [0.15, 0.2) is 65.4 Å². The molecule has 0 bridgehead atoms. The fourth-order valence-corrected chi connectivity index (χ4v) is 3.46. The lowest BCUT2D eigenvalue weighted by Crippen LogP contribution is -2.28. The van der Waals surface area contributed by atoms with Gasteiger partial charge in [-0.25, -0.2) is 0 Å². The lowest BCUT2D eigenvalue weighted by atomic mass is 10.1. The Morgan fingerprint density at radius 2 is 1.65 bits per heavy atom. The third-order valence-electron chi connectivity index (χ3n) is 2.98. The normalized spacial score (nSPS) is 12.0. The lowest BCUT2D eigenvalue weighted by molar-refractivity contribution is 0.0947. The van der Waals surface area contributed by atoms with Gasteiger partial charge >= 0.3 is 0 Å². The Morgan fingerprint density at radius 1 is 0.900 bits per heavy atom. The number of rotatable bonds is 4. The summed E-state index contributed by atoms with van der Waals surface area (Å²) in [6.45, 7) is 0. The Hall–Kier alpha value is -1.91. The zero-order valence-corrected chi connectivity index (χ0v) is 12.3. The van der Waals surface area contributed by atoms with Gasteiger partial charge in [0.25, 0.3) is 5.91 Å². The molecule has 0 fully saturated rings. The van der Waals surface area contributed by atoms with Crippen LogP contribution in [-0.2, 0) is 0 Å². The van der Waals surface area contributed by atoms with E-state index in [9.17, 15) is 4.79 Å². The Labute approximate surface area is 125 Å². The fourth-order valence-electron chi connectivity index (χ4n) is 2.03. The highest BCUT2D eigenvalue weighted by Gasteiger charge is 2.18. The molecular weight excluding hydrogens is 286 g/mol. The molecule has 3 rings (SSSR count). The quantitative estimate of drug-likeness (QED) is 0.763. The molecule has 2 aromatic heterocycles. The fraction of sp³-hybridized carbons (Fsp3) is 0.0625. The summed E-state index contributed by atoms with van der Waals surface area (Å²) in [5, 5.41) is 7.06. The Bertz CT molecular complexity index is 660. The van der Waals surface area contributed by atoms with Gasteiger partial charge in [-0.2, -0.15) is 0 Å². The van der Waals surface area contributed by atoms with Crippen LogP contribution in [0.1, 0.15) is 26.2 Å². The second-order valence-electron chi connectivity index (χ2n) is 4.31. The average molecular weight is 299 g/mol. The summed E-state index contributed by atoms with van der Waals surface area (Å²) < 4.78 is 0. The van der Waals surface area contributed by atoms with E-state index in [0.29, 0.717) is 0 Å². The second-order valence-corrected chi connectivity index (χ2v) is 6.24. The first-order chi connectivity index (χ1) is 9.84. The number of hydrogen-bond acceptors (Lipinski definition) is 3. The van der Waals surface area contributed by atoms with E-state index in [1.54, 1.807) is 11.3 Å². The highest BCUT2D eigenvalue weighted by Crippen LogP contribution is 2.26. The predicted octanol–water partition coefficient (Wildman–Crippen LogP) is 4.33. The van der Waals surface area contributed by atoms with Gasteiger partial charge in [0.05, 0.1) is 10.9 Å². The van der Waals surface area contributed by atoms with Crippen LogP contribution in [0.4, 0.5) is 0 Å². The maximum Gasteiger partial charge on any atom is 0.262 e. The monoisotopic (exact) mass is 299 g/mol. The second kappa shape index (κ2) is 6.03. The van der Waals surface area contributed by atoms with Crippen LogP contribution in [-0.4, -0.2) is 5.91 Å². The molecule has 1 atom stereocenters. The molecule has 2 nitrogen and oxygen atoms in total. The minimum absolute atomic E-state index is 0.0257. The molecule has 0 radical (unpaired) electrons. The first-order valence-electron chi connectivity index (χ1n) is 6.27. The number of thiophene rings is 2. The van der Waals surface area contributed by atoms with Gasteiger partial charge in [-0.05, 0) is 28.5 Å². The molecule has 1 amide bonds. The predicted molar refractivity (Wildman–Crippen MR) is 84.4 cm³/mol. The van der Waals surface area contributed by atoms with E-state index < -0.39 is 0 Å². The zero-order chi connectivity index (χ0) is 13.8. The van der Waals surface area contributed by atoms with Crippen LogP contribution < -0.4 is 5.32 Å². The van der Waals surface area contributed by atoms with Crippen molar-refractivity contribution in [3.8, 4) is 0 Å². The van der Waals surface area contributed by atoms with E-state index in [2.05, 4.69) is 11.4 Å². The third kappa shape index (κ3) is 2.81. The number of carbonyl (C=O) groups is 1. The summed E-state index contributed by atoms with van der Waals surface area (Å²) in [5.41, 5.74) is 1.10. The van der Waals surface area contributed by atoms with Crippen molar-refractivity contribution in [1.29, 1.82) is 0 Å². The first-order valence-corrected chi connectivity index (χ1v) is 8.03. The molecule has 0 aliphatic carbocycles. The molecule has 0 saturated heterocycles. The van der Waals surface area contributed by atoms with Crippen molar-refractivity contribution in [3.63, 3.8) is 0 Å². The molecule has 20 heavy (non-hydrogen) atoms. The van der Waals surface area contributed by atoms with Crippen molar-refractivity contribution in [3.05, 3.63) is 80.7 Å². The first kappa shape index (κ1) is 13.1. The minimum Gasteiger partial charge on any atom is -0.340 e.